The van der Waals surface area contributed by atoms with Gasteiger partial charge in [0.15, 0.2) is 5.78 Å². The monoisotopic (exact) mass is 197 g/mol. The van der Waals surface area contributed by atoms with Gasteiger partial charge in [-0.2, -0.15) is 0 Å². The molecule has 0 amide bonds. The Balaban J connectivity index is 2.41. The van der Waals surface area contributed by atoms with E-state index in [2.05, 4.69) is 9.89 Å². The molecular weight excluding hydrogens is 186 g/mol. The normalized spacial score (nSPS) is 34.9. The molecule has 1 heterocycles. The first-order valence-electron chi connectivity index (χ1n) is 4.47. The number of fused-ring (bicyclic) bond motifs is 1. The van der Waals surface area contributed by atoms with Crippen molar-refractivity contribution in [3.8, 4) is 0 Å². The fourth-order valence-corrected chi connectivity index (χ4v) is 2.13. The van der Waals surface area contributed by atoms with E-state index in [0.29, 0.717) is 18.6 Å². The van der Waals surface area contributed by atoms with Crippen LogP contribution in [0.25, 0.3) is 0 Å². The highest BCUT2D eigenvalue weighted by Crippen LogP contribution is 2.42. The van der Waals surface area contributed by atoms with Gasteiger partial charge in [-0.15, -0.1) is 0 Å². The number of rotatable bonds is 1. The third-order valence-corrected chi connectivity index (χ3v) is 2.89. The Bertz CT molecular complexity index is 336. The van der Waals surface area contributed by atoms with Crippen LogP contribution < -0.4 is 0 Å². The fourth-order valence-electron chi connectivity index (χ4n) is 2.13. The molecule has 0 aromatic carbocycles. The van der Waals surface area contributed by atoms with Crippen molar-refractivity contribution >= 4 is 17.5 Å². The van der Waals surface area contributed by atoms with E-state index in [1.165, 1.54) is 7.11 Å². The molecule has 0 aromatic heterocycles. The van der Waals surface area contributed by atoms with Crippen LogP contribution in [0.5, 0.6) is 0 Å². The van der Waals surface area contributed by atoms with Crippen LogP contribution in [0.3, 0.4) is 0 Å². The molecule has 0 bridgehead atoms. The largest absolute Gasteiger partial charge is 0.466 e. The minimum Gasteiger partial charge on any atom is -0.466 e. The maximum atomic E-state index is 11.6. The average Bonchev–Trinajstić information content (AvgIpc) is 2.68. The van der Waals surface area contributed by atoms with Crippen molar-refractivity contribution in [3.63, 3.8) is 0 Å². The number of nitrogens with zero attached hydrogens (tertiary/aromatic N) is 1. The molecule has 2 unspecified atom stereocenters. The van der Waals surface area contributed by atoms with Gasteiger partial charge in [-0.3, -0.25) is 4.79 Å². The second kappa shape index (κ2) is 2.80. The molecule has 5 heteroatoms. The Morgan fingerprint density at radius 3 is 3.07 bits per heavy atom. The summed E-state index contributed by atoms with van der Waals surface area (Å²) in [5, 5.41) is 3.71. The zero-order valence-electron chi connectivity index (χ0n) is 8.07. The Labute approximate surface area is 81.0 Å². The van der Waals surface area contributed by atoms with Gasteiger partial charge < -0.3 is 9.57 Å². The Morgan fingerprint density at radius 1 is 1.71 bits per heavy atom. The second-order valence-electron chi connectivity index (χ2n) is 3.57. The number of esters is 1. The lowest BCUT2D eigenvalue weighted by molar-refractivity contribution is -0.172. The lowest BCUT2D eigenvalue weighted by Crippen LogP contribution is -2.49. The molecule has 1 aliphatic carbocycles. The molecule has 2 aliphatic rings. The number of carbonyl (C=O) groups is 2. The summed E-state index contributed by atoms with van der Waals surface area (Å²) in [4.78, 5) is 28.2. The minimum absolute atomic E-state index is 0.227. The zero-order valence-corrected chi connectivity index (χ0v) is 8.07. The lowest BCUT2D eigenvalue weighted by Gasteiger charge is -2.21. The molecule has 76 valence electrons. The van der Waals surface area contributed by atoms with Crippen molar-refractivity contribution in [3.05, 3.63) is 0 Å². The maximum Gasteiger partial charge on any atom is 0.361 e. The molecule has 2 rings (SSSR count). The highest BCUT2D eigenvalue weighted by atomic mass is 16.7. The molecule has 5 nitrogen and oxygen atoms in total. The summed E-state index contributed by atoms with van der Waals surface area (Å²) < 4.78 is 4.60. The number of hydrogen-bond acceptors (Lipinski definition) is 5. The molecule has 0 spiro atoms. The van der Waals surface area contributed by atoms with E-state index >= 15 is 0 Å². The standard InChI is InChI=1S/C9H11NO4/c1-5-6-3-4-7(11)9(6,14-10-5)8(12)13-2/h6H,3-4H2,1-2H3. The fraction of sp³-hybridized carbons (Fsp3) is 0.667. The van der Waals surface area contributed by atoms with Crippen LogP contribution in [-0.2, 0) is 19.2 Å². The summed E-state index contributed by atoms with van der Waals surface area (Å²) in [5.41, 5.74) is -0.764. The molecule has 0 radical (unpaired) electrons. The molecule has 0 aromatic rings. The van der Waals surface area contributed by atoms with E-state index in [0.717, 1.165) is 0 Å². The second-order valence-corrected chi connectivity index (χ2v) is 3.57. The molecule has 0 N–H and O–H groups in total. The summed E-state index contributed by atoms with van der Waals surface area (Å²) >= 11 is 0. The predicted octanol–water partition coefficient (Wildman–Crippen LogP) is 0.283. The molecule has 2 atom stereocenters. The average molecular weight is 197 g/mol. The van der Waals surface area contributed by atoms with Crippen molar-refractivity contribution in [2.45, 2.75) is 25.4 Å². The SMILES string of the molecule is COC(=O)C12ON=C(C)C1CCC2=O. The number of ketones is 1. The number of methoxy groups -OCH3 is 1. The van der Waals surface area contributed by atoms with Crippen LogP contribution in [0, 0.1) is 5.92 Å². The quantitative estimate of drug-likeness (QED) is 0.447. The van der Waals surface area contributed by atoms with Crippen molar-refractivity contribution in [2.24, 2.45) is 11.1 Å². The molecule has 0 saturated heterocycles. The molecule has 1 saturated carbocycles. The van der Waals surface area contributed by atoms with Crippen LogP contribution in [0.1, 0.15) is 19.8 Å². The highest BCUT2D eigenvalue weighted by molar-refractivity contribution is 6.14. The topological polar surface area (TPSA) is 65.0 Å². The van der Waals surface area contributed by atoms with Crippen LogP contribution in [0.4, 0.5) is 0 Å². The summed E-state index contributed by atoms with van der Waals surface area (Å²) in [6, 6.07) is 0. The van der Waals surface area contributed by atoms with E-state index in [1.807, 2.05) is 0 Å². The molecule has 1 aliphatic heterocycles. The first-order chi connectivity index (χ1) is 6.63. The number of oxime groups is 1. The molecular formula is C9H11NO4. The molecule has 14 heavy (non-hydrogen) atoms. The van der Waals surface area contributed by atoms with E-state index in [4.69, 9.17) is 4.84 Å². The Kier molecular flexibility index (Phi) is 1.83. The smallest absolute Gasteiger partial charge is 0.361 e. The van der Waals surface area contributed by atoms with Gasteiger partial charge in [0.2, 0.25) is 0 Å². The van der Waals surface area contributed by atoms with Gasteiger partial charge in [0.1, 0.15) is 0 Å². The van der Waals surface area contributed by atoms with Gasteiger partial charge in [-0.25, -0.2) is 4.79 Å². The highest BCUT2D eigenvalue weighted by Gasteiger charge is 2.63. The summed E-state index contributed by atoms with van der Waals surface area (Å²) in [5.74, 6) is -1.09. The van der Waals surface area contributed by atoms with Crippen molar-refractivity contribution < 1.29 is 19.2 Å². The van der Waals surface area contributed by atoms with Crippen LogP contribution >= 0.6 is 0 Å². The van der Waals surface area contributed by atoms with Crippen LogP contribution in [0.2, 0.25) is 0 Å². The lowest BCUT2D eigenvalue weighted by atomic mass is 9.88. The van der Waals surface area contributed by atoms with E-state index in [1.54, 1.807) is 6.92 Å². The van der Waals surface area contributed by atoms with Crippen molar-refractivity contribution in [1.29, 1.82) is 0 Å². The van der Waals surface area contributed by atoms with E-state index in [-0.39, 0.29) is 11.7 Å². The minimum atomic E-state index is -1.46. The Hall–Kier alpha value is -1.39. The molecule has 1 fully saturated rings. The summed E-state index contributed by atoms with van der Waals surface area (Å²) in [7, 11) is 1.25. The van der Waals surface area contributed by atoms with Gasteiger partial charge in [-0.1, -0.05) is 5.16 Å². The third-order valence-electron chi connectivity index (χ3n) is 2.89. The number of ether oxygens (including phenoxy) is 1. The van der Waals surface area contributed by atoms with Crippen molar-refractivity contribution in [2.75, 3.05) is 7.11 Å². The summed E-state index contributed by atoms with van der Waals surface area (Å²) in [6.07, 6.45) is 0.968. The van der Waals surface area contributed by atoms with Crippen molar-refractivity contribution in [1.82, 2.24) is 0 Å². The maximum absolute atomic E-state index is 11.6. The van der Waals surface area contributed by atoms with Gasteiger partial charge in [0, 0.05) is 6.42 Å². The first kappa shape index (κ1) is 9.18. The van der Waals surface area contributed by atoms with Crippen LogP contribution in [0.15, 0.2) is 5.16 Å². The van der Waals surface area contributed by atoms with Gasteiger partial charge in [0.25, 0.3) is 5.60 Å². The number of carbonyl (C=O) groups excluding carboxylic acids is 2. The van der Waals surface area contributed by atoms with E-state index < -0.39 is 11.6 Å². The first-order valence-corrected chi connectivity index (χ1v) is 4.47. The predicted molar refractivity (Wildman–Crippen MR) is 46.7 cm³/mol. The number of hydrogen-bond donors (Lipinski definition) is 0. The number of Topliss-reactive ketones (excluding diaryl/α,β-unsaturated/α-hetero) is 1. The summed E-state index contributed by atoms with van der Waals surface area (Å²) in [6.45, 7) is 1.76. The Morgan fingerprint density at radius 2 is 2.43 bits per heavy atom. The van der Waals surface area contributed by atoms with E-state index in [9.17, 15) is 9.59 Å². The zero-order chi connectivity index (χ0) is 10.3. The van der Waals surface area contributed by atoms with Crippen LogP contribution in [-0.4, -0.2) is 30.2 Å². The third kappa shape index (κ3) is 0.867. The van der Waals surface area contributed by atoms with Gasteiger partial charge >= 0.3 is 5.97 Å². The van der Waals surface area contributed by atoms with Gasteiger partial charge in [0.05, 0.1) is 18.7 Å². The van der Waals surface area contributed by atoms with Gasteiger partial charge in [-0.05, 0) is 13.3 Å².